The lowest BCUT2D eigenvalue weighted by Crippen LogP contribution is -2.21. The summed E-state index contributed by atoms with van der Waals surface area (Å²) in [7, 11) is -1.25. The van der Waals surface area contributed by atoms with Crippen LogP contribution in [0.3, 0.4) is 0 Å². The zero-order valence-electron chi connectivity index (χ0n) is 14.8. The second-order valence-corrected chi connectivity index (χ2v) is 7.69. The third kappa shape index (κ3) is 4.97. The summed E-state index contributed by atoms with van der Waals surface area (Å²) in [5.74, 6) is -0.804. The van der Waals surface area contributed by atoms with Crippen molar-refractivity contribution in [3.8, 4) is 5.75 Å². The molecule has 0 radical (unpaired) electrons. The minimum Gasteiger partial charge on any atom is -0.495 e. The largest absolute Gasteiger partial charge is 0.495 e. The van der Waals surface area contributed by atoms with Crippen LogP contribution in [0.1, 0.15) is 17.3 Å². The van der Waals surface area contributed by atoms with Crippen LogP contribution in [0.2, 0.25) is 5.02 Å². The number of benzene rings is 2. The highest BCUT2D eigenvalue weighted by Gasteiger charge is 2.20. The predicted molar refractivity (Wildman–Crippen MR) is 103 cm³/mol. The van der Waals surface area contributed by atoms with E-state index in [-0.39, 0.29) is 27.8 Å². The molecule has 8 nitrogen and oxygen atoms in total. The second kappa shape index (κ2) is 8.38. The van der Waals surface area contributed by atoms with Crippen LogP contribution in [0, 0.1) is 0 Å². The van der Waals surface area contributed by atoms with E-state index < -0.39 is 15.9 Å². The molecule has 27 heavy (non-hydrogen) atoms. The van der Waals surface area contributed by atoms with Gasteiger partial charge in [0.25, 0.3) is 5.91 Å². The SMILES string of the molecule is CNS(=O)(=O)c1cc(C(=O)Nc2cc(Cl)ccc2NC(C)=O)ccc1OC. The molecule has 0 saturated carbocycles. The smallest absolute Gasteiger partial charge is 0.255 e. The van der Waals surface area contributed by atoms with Gasteiger partial charge in [0.15, 0.2) is 0 Å². The fraction of sp³-hybridized carbons (Fsp3) is 0.176. The van der Waals surface area contributed by atoms with E-state index in [0.717, 1.165) is 0 Å². The molecule has 0 unspecified atom stereocenters. The van der Waals surface area contributed by atoms with Gasteiger partial charge in [0.1, 0.15) is 10.6 Å². The molecule has 2 rings (SSSR count). The topological polar surface area (TPSA) is 114 Å². The van der Waals surface area contributed by atoms with Crippen molar-refractivity contribution in [2.45, 2.75) is 11.8 Å². The Hall–Kier alpha value is -2.62. The van der Waals surface area contributed by atoms with Gasteiger partial charge in [-0.05, 0) is 43.4 Å². The first-order valence-electron chi connectivity index (χ1n) is 7.68. The van der Waals surface area contributed by atoms with Crippen LogP contribution in [0.5, 0.6) is 5.75 Å². The lowest BCUT2D eigenvalue weighted by molar-refractivity contribution is -0.114. The average molecular weight is 412 g/mol. The number of hydrogen-bond donors (Lipinski definition) is 3. The van der Waals surface area contributed by atoms with E-state index in [1.807, 2.05) is 0 Å². The first kappa shape index (κ1) is 20.7. The summed E-state index contributed by atoms with van der Waals surface area (Å²) in [5, 5.41) is 5.55. The lowest BCUT2D eigenvalue weighted by atomic mass is 10.2. The zero-order valence-corrected chi connectivity index (χ0v) is 16.4. The van der Waals surface area contributed by atoms with Crippen LogP contribution < -0.4 is 20.1 Å². The van der Waals surface area contributed by atoms with Crippen molar-refractivity contribution in [2.24, 2.45) is 0 Å². The Bertz CT molecular complexity index is 992. The van der Waals surface area contributed by atoms with Gasteiger partial charge in [0, 0.05) is 17.5 Å². The predicted octanol–water partition coefficient (Wildman–Crippen LogP) is 2.47. The Labute approximate surface area is 161 Å². The van der Waals surface area contributed by atoms with Gasteiger partial charge in [-0.25, -0.2) is 13.1 Å². The molecule has 0 atom stereocenters. The Morgan fingerprint density at radius 2 is 1.74 bits per heavy atom. The van der Waals surface area contributed by atoms with Gasteiger partial charge in [-0.1, -0.05) is 11.6 Å². The van der Waals surface area contributed by atoms with Crippen molar-refractivity contribution < 1.29 is 22.7 Å². The molecule has 10 heteroatoms. The zero-order chi connectivity index (χ0) is 20.2. The number of anilines is 2. The molecule has 0 aliphatic rings. The molecule has 0 spiro atoms. The van der Waals surface area contributed by atoms with Gasteiger partial charge >= 0.3 is 0 Å². The van der Waals surface area contributed by atoms with Crippen LogP contribution in [0.25, 0.3) is 0 Å². The van der Waals surface area contributed by atoms with Crippen LogP contribution in [-0.2, 0) is 14.8 Å². The van der Waals surface area contributed by atoms with Crippen molar-refractivity contribution >= 4 is 44.8 Å². The summed E-state index contributed by atoms with van der Waals surface area (Å²) < 4.78 is 31.5. The van der Waals surface area contributed by atoms with Crippen molar-refractivity contribution in [3.63, 3.8) is 0 Å². The standard InChI is InChI=1S/C17H18ClN3O5S/c1-10(22)20-13-6-5-12(18)9-14(13)21-17(23)11-4-7-15(26-3)16(8-11)27(24,25)19-2/h4-9,19H,1-3H3,(H,20,22)(H,21,23). The molecular weight excluding hydrogens is 394 g/mol. The average Bonchev–Trinajstić information content (AvgIpc) is 2.63. The number of methoxy groups -OCH3 is 1. The molecule has 2 aromatic rings. The quantitative estimate of drug-likeness (QED) is 0.675. The highest BCUT2D eigenvalue weighted by Crippen LogP contribution is 2.28. The number of carbonyl (C=O) groups excluding carboxylic acids is 2. The van der Waals surface area contributed by atoms with Crippen molar-refractivity contribution in [3.05, 3.63) is 47.0 Å². The van der Waals surface area contributed by atoms with E-state index in [4.69, 9.17) is 16.3 Å². The summed E-state index contributed by atoms with van der Waals surface area (Å²) in [6, 6.07) is 8.58. The third-order valence-electron chi connectivity index (χ3n) is 3.52. The van der Waals surface area contributed by atoms with Gasteiger partial charge in [0.05, 0.1) is 18.5 Å². The van der Waals surface area contributed by atoms with Crippen LogP contribution in [-0.4, -0.2) is 34.4 Å². The number of nitrogens with one attached hydrogen (secondary N) is 3. The van der Waals surface area contributed by atoms with Crippen molar-refractivity contribution in [1.82, 2.24) is 4.72 Å². The van der Waals surface area contributed by atoms with Crippen LogP contribution in [0.15, 0.2) is 41.3 Å². The minimum atomic E-state index is -3.83. The summed E-state index contributed by atoms with van der Waals surface area (Å²) in [5.41, 5.74) is 0.715. The van der Waals surface area contributed by atoms with Crippen molar-refractivity contribution in [1.29, 1.82) is 0 Å². The van der Waals surface area contributed by atoms with Crippen LogP contribution in [0.4, 0.5) is 11.4 Å². The van der Waals surface area contributed by atoms with Crippen molar-refractivity contribution in [2.75, 3.05) is 24.8 Å². The van der Waals surface area contributed by atoms with E-state index in [9.17, 15) is 18.0 Å². The third-order valence-corrected chi connectivity index (χ3v) is 5.20. The number of amides is 2. The maximum atomic E-state index is 12.6. The Morgan fingerprint density at radius 3 is 2.33 bits per heavy atom. The van der Waals surface area contributed by atoms with Crippen LogP contribution >= 0.6 is 11.6 Å². The van der Waals surface area contributed by atoms with E-state index >= 15 is 0 Å². The van der Waals surface area contributed by atoms with Gasteiger partial charge in [-0.3, -0.25) is 9.59 Å². The maximum Gasteiger partial charge on any atom is 0.255 e. The highest BCUT2D eigenvalue weighted by atomic mass is 35.5. The number of carbonyl (C=O) groups is 2. The summed E-state index contributed by atoms with van der Waals surface area (Å²) >= 11 is 5.96. The Morgan fingerprint density at radius 1 is 1.04 bits per heavy atom. The summed E-state index contributed by atoms with van der Waals surface area (Å²) in [4.78, 5) is 23.8. The molecule has 0 aliphatic heterocycles. The summed E-state index contributed by atoms with van der Waals surface area (Å²) in [6.45, 7) is 1.33. The normalized spacial score (nSPS) is 11.0. The van der Waals surface area contributed by atoms with E-state index in [1.54, 1.807) is 12.1 Å². The first-order valence-corrected chi connectivity index (χ1v) is 9.54. The number of halogens is 1. The molecule has 0 aliphatic carbocycles. The molecule has 144 valence electrons. The number of sulfonamides is 1. The molecule has 2 aromatic carbocycles. The number of ether oxygens (including phenoxy) is 1. The van der Waals surface area contributed by atoms with Gasteiger partial charge < -0.3 is 15.4 Å². The molecule has 3 N–H and O–H groups in total. The number of rotatable bonds is 6. The van der Waals surface area contributed by atoms with Gasteiger partial charge in [-0.2, -0.15) is 0 Å². The van der Waals surface area contributed by atoms with E-state index in [2.05, 4.69) is 15.4 Å². The second-order valence-electron chi connectivity index (χ2n) is 5.40. The summed E-state index contributed by atoms with van der Waals surface area (Å²) in [6.07, 6.45) is 0. The number of hydrogen-bond acceptors (Lipinski definition) is 5. The fourth-order valence-corrected chi connectivity index (χ4v) is 3.34. The van der Waals surface area contributed by atoms with Gasteiger partial charge in [0.2, 0.25) is 15.9 Å². The molecule has 0 heterocycles. The highest BCUT2D eigenvalue weighted by molar-refractivity contribution is 7.89. The molecule has 0 aromatic heterocycles. The van der Waals surface area contributed by atoms with Gasteiger partial charge in [-0.15, -0.1) is 0 Å². The Balaban J connectivity index is 2.41. The molecule has 0 bridgehead atoms. The molecule has 2 amide bonds. The molecular formula is C17H18ClN3O5S. The first-order chi connectivity index (χ1) is 12.7. The van der Waals surface area contributed by atoms with E-state index in [1.165, 1.54) is 45.3 Å². The monoisotopic (exact) mass is 411 g/mol. The molecule has 0 fully saturated rings. The minimum absolute atomic E-state index is 0.0818. The molecule has 0 saturated heterocycles. The maximum absolute atomic E-state index is 12.6. The fourth-order valence-electron chi connectivity index (χ4n) is 2.25. The lowest BCUT2D eigenvalue weighted by Gasteiger charge is -2.13. The Kier molecular flexibility index (Phi) is 6.42. The van der Waals surface area contributed by atoms with E-state index in [0.29, 0.717) is 10.7 Å².